The van der Waals surface area contributed by atoms with Gasteiger partial charge in [0.2, 0.25) is 10.0 Å². The Morgan fingerprint density at radius 2 is 1.79 bits per heavy atom. The fourth-order valence-electron chi connectivity index (χ4n) is 3.68. The summed E-state index contributed by atoms with van der Waals surface area (Å²) >= 11 is 0. The zero-order valence-corrected chi connectivity index (χ0v) is 16.4. The van der Waals surface area contributed by atoms with Crippen molar-refractivity contribution < 1.29 is 12.8 Å². The third-order valence-corrected chi connectivity index (χ3v) is 6.52. The molecule has 5 nitrogen and oxygen atoms in total. The Morgan fingerprint density at radius 3 is 2.46 bits per heavy atom. The molecule has 28 heavy (non-hydrogen) atoms. The predicted octanol–water partition coefficient (Wildman–Crippen LogP) is 3.88. The Kier molecular flexibility index (Phi) is 5.03. The number of hydrogen-bond acceptors (Lipinski definition) is 4. The van der Waals surface area contributed by atoms with Crippen LogP contribution in [0.25, 0.3) is 21.9 Å². The van der Waals surface area contributed by atoms with Crippen LogP contribution < -0.4 is 5.32 Å². The molecule has 4 rings (SSSR count). The second-order valence-corrected chi connectivity index (χ2v) is 9.19. The van der Waals surface area contributed by atoms with Crippen LogP contribution in [0.4, 0.5) is 10.1 Å². The first-order chi connectivity index (χ1) is 13.4. The van der Waals surface area contributed by atoms with Gasteiger partial charge in [-0.3, -0.25) is 4.98 Å². The molecule has 146 valence electrons. The van der Waals surface area contributed by atoms with E-state index in [1.165, 1.54) is 22.7 Å². The number of hydrogen-bond donors (Lipinski definition) is 1. The van der Waals surface area contributed by atoms with Gasteiger partial charge in [-0.05, 0) is 59.7 Å². The van der Waals surface area contributed by atoms with Crippen molar-refractivity contribution in [3.05, 3.63) is 60.7 Å². The molecule has 2 heterocycles. The molecular weight excluding hydrogens is 377 g/mol. The minimum atomic E-state index is -3.14. The Labute approximate surface area is 164 Å². The molecule has 1 aliphatic rings. The minimum Gasteiger partial charge on any atom is -0.382 e. The third kappa shape index (κ3) is 4.00. The number of sulfonamides is 1. The van der Waals surface area contributed by atoms with Gasteiger partial charge < -0.3 is 5.32 Å². The van der Waals surface area contributed by atoms with Gasteiger partial charge >= 0.3 is 0 Å². The maximum Gasteiger partial charge on any atom is 0.211 e. The van der Waals surface area contributed by atoms with Crippen LogP contribution in [0, 0.1) is 5.82 Å². The molecule has 0 radical (unpaired) electrons. The molecule has 3 aromatic rings. The Bertz CT molecular complexity index is 1090. The molecule has 7 heteroatoms. The number of nitrogens with one attached hydrogen (secondary N) is 1. The molecule has 0 unspecified atom stereocenters. The highest BCUT2D eigenvalue weighted by molar-refractivity contribution is 7.88. The predicted molar refractivity (Wildman–Crippen MR) is 110 cm³/mol. The topological polar surface area (TPSA) is 62.3 Å². The molecule has 0 amide bonds. The van der Waals surface area contributed by atoms with Crippen molar-refractivity contribution in [3.8, 4) is 11.1 Å². The highest BCUT2D eigenvalue weighted by Gasteiger charge is 2.25. The van der Waals surface area contributed by atoms with Gasteiger partial charge in [0.05, 0.1) is 6.26 Å². The lowest BCUT2D eigenvalue weighted by atomic mass is 9.99. The number of nitrogens with zero attached hydrogens (tertiary/aromatic N) is 2. The summed E-state index contributed by atoms with van der Waals surface area (Å²) in [5, 5.41) is 5.64. The molecule has 1 aliphatic heterocycles. The summed E-state index contributed by atoms with van der Waals surface area (Å²) in [6.45, 7) is 1.04. The molecular formula is C21H22FN3O2S. The molecule has 0 aliphatic carbocycles. The average molecular weight is 399 g/mol. The van der Waals surface area contributed by atoms with Crippen LogP contribution in [-0.4, -0.2) is 43.1 Å². The van der Waals surface area contributed by atoms with E-state index in [0.29, 0.717) is 13.1 Å². The summed E-state index contributed by atoms with van der Waals surface area (Å²) in [5.74, 6) is -0.260. The monoisotopic (exact) mass is 399 g/mol. The van der Waals surface area contributed by atoms with Crippen LogP contribution in [0.2, 0.25) is 0 Å². The summed E-state index contributed by atoms with van der Waals surface area (Å²) in [7, 11) is -3.14. The van der Waals surface area contributed by atoms with E-state index < -0.39 is 10.0 Å². The van der Waals surface area contributed by atoms with Gasteiger partial charge in [-0.15, -0.1) is 0 Å². The smallest absolute Gasteiger partial charge is 0.211 e. The van der Waals surface area contributed by atoms with Crippen LogP contribution in [0.1, 0.15) is 12.8 Å². The van der Waals surface area contributed by atoms with E-state index in [1.54, 1.807) is 18.3 Å². The molecule has 0 saturated carbocycles. The van der Waals surface area contributed by atoms with Gasteiger partial charge in [0, 0.05) is 42.6 Å². The van der Waals surface area contributed by atoms with E-state index in [4.69, 9.17) is 0 Å². The van der Waals surface area contributed by atoms with Crippen molar-refractivity contribution in [3.63, 3.8) is 0 Å². The normalized spacial score (nSPS) is 16.4. The van der Waals surface area contributed by atoms with E-state index in [2.05, 4.69) is 22.4 Å². The van der Waals surface area contributed by atoms with Crippen LogP contribution in [0.15, 0.2) is 54.9 Å². The maximum atomic E-state index is 13.3. The van der Waals surface area contributed by atoms with Crippen LogP contribution in [0.5, 0.6) is 0 Å². The van der Waals surface area contributed by atoms with E-state index in [1.807, 2.05) is 12.3 Å². The van der Waals surface area contributed by atoms with E-state index >= 15 is 0 Å². The number of rotatable bonds is 4. The molecule has 1 saturated heterocycles. The summed E-state index contributed by atoms with van der Waals surface area (Å²) in [5.41, 5.74) is 2.90. The fourth-order valence-corrected chi connectivity index (χ4v) is 4.55. The van der Waals surface area contributed by atoms with Crippen LogP contribution >= 0.6 is 0 Å². The Morgan fingerprint density at radius 1 is 1.07 bits per heavy atom. The first-order valence-electron chi connectivity index (χ1n) is 9.25. The molecule has 0 atom stereocenters. The SMILES string of the molecule is CS(=O)(=O)N1CCC(Nc2cc(-c3ccc(F)cc3)cc3ccncc23)CC1. The highest BCUT2D eigenvalue weighted by Crippen LogP contribution is 2.32. The van der Waals surface area contributed by atoms with Gasteiger partial charge in [-0.2, -0.15) is 0 Å². The first-order valence-corrected chi connectivity index (χ1v) is 11.1. The summed E-state index contributed by atoms with van der Waals surface area (Å²) < 4.78 is 38.3. The van der Waals surface area contributed by atoms with E-state index in [-0.39, 0.29) is 11.9 Å². The molecule has 0 bridgehead atoms. The minimum absolute atomic E-state index is 0.185. The van der Waals surface area contributed by atoms with Crippen LogP contribution in [-0.2, 0) is 10.0 Å². The summed E-state index contributed by atoms with van der Waals surface area (Å²) in [4.78, 5) is 4.25. The van der Waals surface area contributed by atoms with Gasteiger partial charge in [-0.25, -0.2) is 17.1 Å². The summed E-state index contributed by atoms with van der Waals surface area (Å²) in [6.07, 6.45) is 6.33. The number of fused-ring (bicyclic) bond motifs is 1. The largest absolute Gasteiger partial charge is 0.382 e. The molecule has 1 N–H and O–H groups in total. The summed E-state index contributed by atoms with van der Waals surface area (Å²) in [6, 6.07) is 12.7. The Balaban J connectivity index is 1.64. The van der Waals surface area contributed by atoms with Crippen molar-refractivity contribution in [2.45, 2.75) is 18.9 Å². The van der Waals surface area contributed by atoms with E-state index in [0.717, 1.165) is 40.4 Å². The maximum absolute atomic E-state index is 13.3. The van der Waals surface area contributed by atoms with Crippen molar-refractivity contribution in [2.75, 3.05) is 24.7 Å². The average Bonchev–Trinajstić information content (AvgIpc) is 2.68. The number of piperidine rings is 1. The lowest BCUT2D eigenvalue weighted by Crippen LogP contribution is -2.41. The van der Waals surface area contributed by atoms with Crippen molar-refractivity contribution in [2.24, 2.45) is 0 Å². The molecule has 2 aromatic carbocycles. The number of aromatic nitrogens is 1. The van der Waals surface area contributed by atoms with Gasteiger partial charge in [0.15, 0.2) is 0 Å². The zero-order chi connectivity index (χ0) is 19.7. The Hall–Kier alpha value is -2.51. The van der Waals surface area contributed by atoms with Gasteiger partial charge in [0.25, 0.3) is 0 Å². The lowest BCUT2D eigenvalue weighted by Gasteiger charge is -2.31. The number of anilines is 1. The first kappa shape index (κ1) is 18.8. The second kappa shape index (κ2) is 7.48. The van der Waals surface area contributed by atoms with Crippen LogP contribution in [0.3, 0.4) is 0 Å². The number of benzene rings is 2. The van der Waals surface area contributed by atoms with E-state index in [9.17, 15) is 12.8 Å². The van der Waals surface area contributed by atoms with Gasteiger partial charge in [-0.1, -0.05) is 12.1 Å². The third-order valence-electron chi connectivity index (χ3n) is 5.22. The lowest BCUT2D eigenvalue weighted by molar-refractivity contribution is 0.332. The zero-order valence-electron chi connectivity index (χ0n) is 15.6. The standard InChI is InChI=1S/C21H22FN3O2S/c1-28(26,27)25-10-7-19(8-11-25)24-21-13-17(15-2-4-18(22)5-3-15)12-16-6-9-23-14-20(16)21/h2-6,9,12-14,19,24H,7-8,10-11H2,1H3. The molecule has 1 fully saturated rings. The second-order valence-electron chi connectivity index (χ2n) is 7.21. The van der Waals surface area contributed by atoms with Crippen molar-refractivity contribution in [1.82, 2.24) is 9.29 Å². The van der Waals surface area contributed by atoms with Crippen molar-refractivity contribution in [1.29, 1.82) is 0 Å². The highest BCUT2D eigenvalue weighted by atomic mass is 32.2. The molecule has 1 aromatic heterocycles. The number of halogens is 1. The van der Waals surface area contributed by atoms with Crippen molar-refractivity contribution >= 4 is 26.5 Å². The van der Waals surface area contributed by atoms with Gasteiger partial charge in [0.1, 0.15) is 5.82 Å². The number of pyridine rings is 1. The molecule has 0 spiro atoms. The fraction of sp³-hybridized carbons (Fsp3) is 0.286. The quantitative estimate of drug-likeness (QED) is 0.723.